The molecule has 156 valence electrons. The lowest BCUT2D eigenvalue weighted by molar-refractivity contribution is -0.145. The molecule has 0 aliphatic rings. The van der Waals surface area contributed by atoms with E-state index in [1.165, 1.54) is 0 Å². The van der Waals surface area contributed by atoms with E-state index in [1.54, 1.807) is 20.8 Å². The van der Waals surface area contributed by atoms with E-state index >= 15 is 0 Å². The second-order valence-corrected chi connectivity index (χ2v) is 8.02. The minimum atomic E-state index is -0.877. The Morgan fingerprint density at radius 2 is 1.71 bits per heavy atom. The number of rotatable bonds is 9. The van der Waals surface area contributed by atoms with Crippen LogP contribution in [0.25, 0.3) is 0 Å². The van der Waals surface area contributed by atoms with Gasteiger partial charge in [0.05, 0.1) is 0 Å². The summed E-state index contributed by atoms with van der Waals surface area (Å²) in [4.78, 5) is 36.5. The Bertz CT molecular complexity index is 638. The van der Waals surface area contributed by atoms with E-state index in [-0.39, 0.29) is 31.3 Å². The Morgan fingerprint density at radius 1 is 1.07 bits per heavy atom. The lowest BCUT2D eigenvalue weighted by Gasteiger charge is -2.23. The van der Waals surface area contributed by atoms with Crippen molar-refractivity contribution >= 4 is 18.0 Å². The first kappa shape index (κ1) is 23.5. The topological polar surface area (TPSA) is 93.7 Å². The number of nitrogens with one attached hydrogen (secondary N) is 2. The van der Waals surface area contributed by atoms with Gasteiger partial charge in [-0.05, 0) is 38.7 Å². The smallest absolute Gasteiger partial charge is 0.408 e. The van der Waals surface area contributed by atoms with Gasteiger partial charge in [-0.2, -0.15) is 0 Å². The molecule has 0 aliphatic heterocycles. The zero-order valence-electron chi connectivity index (χ0n) is 17.4. The van der Waals surface area contributed by atoms with Crippen molar-refractivity contribution in [2.45, 2.75) is 65.7 Å². The highest BCUT2D eigenvalue weighted by molar-refractivity contribution is 5.86. The number of alkyl carbamates (subject to hydrolysis) is 1. The van der Waals surface area contributed by atoms with Crippen molar-refractivity contribution in [3.8, 4) is 0 Å². The van der Waals surface area contributed by atoms with Gasteiger partial charge in [-0.3, -0.25) is 9.59 Å². The van der Waals surface area contributed by atoms with Gasteiger partial charge in [-0.1, -0.05) is 44.2 Å². The van der Waals surface area contributed by atoms with Gasteiger partial charge in [0.25, 0.3) is 0 Å². The van der Waals surface area contributed by atoms with E-state index in [0.29, 0.717) is 6.54 Å². The molecule has 2 N–H and O–H groups in total. The Labute approximate surface area is 167 Å². The van der Waals surface area contributed by atoms with Gasteiger partial charge < -0.3 is 20.1 Å². The number of carbonyl (C=O) groups is 3. The summed E-state index contributed by atoms with van der Waals surface area (Å²) in [6, 6.07) is 8.46. The number of hydrogen-bond acceptors (Lipinski definition) is 5. The van der Waals surface area contributed by atoms with Crippen LogP contribution in [-0.2, 0) is 25.7 Å². The third-order valence-corrected chi connectivity index (χ3v) is 3.57. The zero-order valence-corrected chi connectivity index (χ0v) is 17.4. The highest BCUT2D eigenvalue weighted by Gasteiger charge is 2.25. The molecule has 1 aromatic rings. The summed E-state index contributed by atoms with van der Waals surface area (Å²) in [5.41, 5.74) is 0.200. The fourth-order valence-electron chi connectivity index (χ4n) is 2.22. The molecule has 0 saturated carbocycles. The van der Waals surface area contributed by atoms with Gasteiger partial charge in [-0.15, -0.1) is 0 Å². The molecule has 0 radical (unpaired) electrons. The summed E-state index contributed by atoms with van der Waals surface area (Å²) < 4.78 is 10.4. The molecule has 1 rings (SSSR count). The van der Waals surface area contributed by atoms with Crippen molar-refractivity contribution in [3.63, 3.8) is 0 Å². The van der Waals surface area contributed by atoms with Crippen LogP contribution in [0.2, 0.25) is 0 Å². The first-order chi connectivity index (χ1) is 13.1. The van der Waals surface area contributed by atoms with E-state index in [9.17, 15) is 14.4 Å². The lowest BCUT2D eigenvalue weighted by Crippen LogP contribution is -2.49. The first-order valence-corrected chi connectivity index (χ1v) is 9.53. The molecule has 7 nitrogen and oxygen atoms in total. The SMILES string of the molecule is CC(C)CNC(=O)[C@@H](CCC(=O)OCc1ccccc1)NC(=O)OC(C)(C)C. The van der Waals surface area contributed by atoms with E-state index < -0.39 is 23.7 Å². The van der Waals surface area contributed by atoms with E-state index in [4.69, 9.17) is 9.47 Å². The Balaban J connectivity index is 2.58. The summed E-state index contributed by atoms with van der Waals surface area (Å²) in [6.07, 6.45) is -0.575. The second-order valence-electron chi connectivity index (χ2n) is 8.02. The number of benzene rings is 1. The Morgan fingerprint density at radius 3 is 2.29 bits per heavy atom. The van der Waals surface area contributed by atoms with Crippen molar-refractivity contribution in [2.75, 3.05) is 6.54 Å². The average Bonchev–Trinajstić information content (AvgIpc) is 2.60. The highest BCUT2D eigenvalue weighted by Crippen LogP contribution is 2.09. The largest absolute Gasteiger partial charge is 0.461 e. The van der Waals surface area contributed by atoms with Gasteiger partial charge >= 0.3 is 12.1 Å². The highest BCUT2D eigenvalue weighted by atomic mass is 16.6. The number of amides is 2. The maximum Gasteiger partial charge on any atom is 0.408 e. The second kappa shape index (κ2) is 11.3. The minimum Gasteiger partial charge on any atom is -0.461 e. The molecule has 0 bridgehead atoms. The third-order valence-electron chi connectivity index (χ3n) is 3.57. The summed E-state index contributed by atoms with van der Waals surface area (Å²) in [5, 5.41) is 5.32. The lowest BCUT2D eigenvalue weighted by atomic mass is 10.1. The fourth-order valence-corrected chi connectivity index (χ4v) is 2.22. The molecular formula is C21H32N2O5. The van der Waals surface area contributed by atoms with Crippen LogP contribution in [0.4, 0.5) is 4.79 Å². The van der Waals surface area contributed by atoms with Crippen LogP contribution in [0.5, 0.6) is 0 Å². The molecule has 0 heterocycles. The maximum atomic E-state index is 12.4. The summed E-state index contributed by atoms with van der Waals surface area (Å²) in [7, 11) is 0. The number of hydrogen-bond donors (Lipinski definition) is 2. The van der Waals surface area contributed by atoms with E-state index in [2.05, 4.69) is 10.6 Å². The standard InChI is InChI=1S/C21H32N2O5/c1-15(2)13-22-19(25)17(23-20(26)28-21(3,4)5)11-12-18(24)27-14-16-9-7-6-8-10-16/h6-10,15,17H,11-14H2,1-5H3,(H,22,25)(H,23,26)/t17-/m1/s1. The fraction of sp³-hybridized carbons (Fsp3) is 0.571. The summed E-state index contributed by atoms with van der Waals surface area (Å²) in [6.45, 7) is 9.80. The predicted molar refractivity (Wildman–Crippen MR) is 106 cm³/mol. The molecule has 0 spiro atoms. The van der Waals surface area contributed by atoms with Gasteiger partial charge in [0.2, 0.25) is 5.91 Å². The van der Waals surface area contributed by atoms with Crippen LogP contribution >= 0.6 is 0 Å². The average molecular weight is 392 g/mol. The van der Waals surface area contributed by atoms with Crippen molar-refractivity contribution in [2.24, 2.45) is 5.92 Å². The molecule has 0 aliphatic carbocycles. The van der Waals surface area contributed by atoms with Crippen molar-refractivity contribution in [1.82, 2.24) is 10.6 Å². The minimum absolute atomic E-state index is 0.00238. The van der Waals surface area contributed by atoms with Crippen molar-refractivity contribution in [1.29, 1.82) is 0 Å². The summed E-state index contributed by atoms with van der Waals surface area (Å²) in [5.74, 6) is -0.520. The van der Waals surface area contributed by atoms with Crippen LogP contribution in [0.15, 0.2) is 30.3 Å². The van der Waals surface area contributed by atoms with Crippen molar-refractivity contribution in [3.05, 3.63) is 35.9 Å². The molecule has 0 fully saturated rings. The zero-order chi connectivity index (χ0) is 21.2. The molecule has 2 amide bonds. The van der Waals surface area contributed by atoms with E-state index in [0.717, 1.165) is 5.56 Å². The number of carbonyl (C=O) groups excluding carboxylic acids is 3. The van der Waals surface area contributed by atoms with Crippen molar-refractivity contribution < 1.29 is 23.9 Å². The van der Waals surface area contributed by atoms with Gasteiger partial charge in [-0.25, -0.2) is 4.79 Å². The van der Waals surface area contributed by atoms with Crippen LogP contribution < -0.4 is 10.6 Å². The monoisotopic (exact) mass is 392 g/mol. The van der Waals surface area contributed by atoms with Gasteiger partial charge in [0, 0.05) is 13.0 Å². The molecule has 0 aromatic heterocycles. The Hall–Kier alpha value is -2.57. The number of ether oxygens (including phenoxy) is 2. The van der Waals surface area contributed by atoms with Gasteiger partial charge in [0.1, 0.15) is 18.2 Å². The molecule has 7 heteroatoms. The maximum absolute atomic E-state index is 12.4. The Kier molecular flexibility index (Phi) is 9.48. The molecule has 0 saturated heterocycles. The normalized spacial score (nSPS) is 12.2. The third kappa shape index (κ3) is 10.5. The molecule has 1 aromatic carbocycles. The molecule has 0 unspecified atom stereocenters. The molecule has 1 atom stereocenters. The van der Waals surface area contributed by atoms with E-state index in [1.807, 2.05) is 44.2 Å². The first-order valence-electron chi connectivity index (χ1n) is 9.53. The number of esters is 1. The van der Waals surface area contributed by atoms with Gasteiger partial charge in [0.15, 0.2) is 0 Å². The van der Waals surface area contributed by atoms with Crippen LogP contribution in [0.1, 0.15) is 53.0 Å². The van der Waals surface area contributed by atoms with Crippen LogP contribution in [0, 0.1) is 5.92 Å². The van der Waals surface area contributed by atoms with Crippen LogP contribution in [-0.4, -0.2) is 36.2 Å². The molecular weight excluding hydrogens is 360 g/mol. The van der Waals surface area contributed by atoms with Crippen LogP contribution in [0.3, 0.4) is 0 Å². The molecule has 28 heavy (non-hydrogen) atoms. The quantitative estimate of drug-likeness (QED) is 0.630. The predicted octanol–water partition coefficient (Wildman–Crippen LogP) is 3.18. The summed E-state index contributed by atoms with van der Waals surface area (Å²) >= 11 is 0.